The van der Waals surface area contributed by atoms with E-state index in [9.17, 15) is 24.8 Å². The maximum atomic E-state index is 14.6. The van der Waals surface area contributed by atoms with Crippen molar-refractivity contribution in [2.24, 2.45) is 0 Å². The summed E-state index contributed by atoms with van der Waals surface area (Å²) in [4.78, 5) is 46.2. The molecule has 65 heavy (non-hydrogen) atoms. The lowest BCUT2D eigenvalue weighted by atomic mass is 9.65. The number of nitriles is 1. The molecule has 0 aromatic heterocycles. The third kappa shape index (κ3) is 7.34. The van der Waals surface area contributed by atoms with E-state index >= 15 is 0 Å². The van der Waals surface area contributed by atoms with E-state index in [-0.39, 0.29) is 67.0 Å². The summed E-state index contributed by atoms with van der Waals surface area (Å²) < 4.78 is 40.9. The fourth-order valence-electron chi connectivity index (χ4n) is 11.0. The van der Waals surface area contributed by atoms with Crippen LogP contribution in [0.2, 0.25) is 0 Å². The number of nitrogens with one attached hydrogen (secondary N) is 1. The zero-order chi connectivity index (χ0) is 45.7. The number of amides is 1. The highest BCUT2D eigenvalue weighted by molar-refractivity contribution is 7.99. The fraction of sp³-hybridized carbons (Fsp3) is 0.429. The number of piperidine rings is 1. The summed E-state index contributed by atoms with van der Waals surface area (Å²) in [5, 5.41) is 26.8. The number of hydrogen-bond acceptors (Lipinski definition) is 15. The van der Waals surface area contributed by atoms with Gasteiger partial charge in [0.05, 0.1) is 25.3 Å². The average molecular weight is 905 g/mol. The predicted molar refractivity (Wildman–Crippen MR) is 239 cm³/mol. The Balaban J connectivity index is 1.07. The fourth-order valence-corrected chi connectivity index (χ4v) is 12.2. The van der Waals surface area contributed by atoms with Gasteiger partial charge in [0, 0.05) is 59.7 Å². The van der Waals surface area contributed by atoms with Crippen molar-refractivity contribution in [1.29, 1.82) is 5.26 Å². The van der Waals surface area contributed by atoms with E-state index < -0.39 is 60.3 Å². The summed E-state index contributed by atoms with van der Waals surface area (Å²) in [6, 6.07) is 16.5. The second-order valence-corrected chi connectivity index (χ2v) is 18.2. The number of aryl methyl sites for hydroxylation is 1. The lowest BCUT2D eigenvalue weighted by Crippen LogP contribution is -2.74. The molecule has 2 aliphatic carbocycles. The molecular weight excluding hydrogens is 853 g/mol. The summed E-state index contributed by atoms with van der Waals surface area (Å²) in [5.41, 5.74) is 5.51. The van der Waals surface area contributed by atoms with Gasteiger partial charge >= 0.3 is 12.1 Å². The minimum atomic E-state index is -2.14. The highest BCUT2D eigenvalue weighted by Crippen LogP contribution is 2.57. The molecule has 0 saturated carbocycles. The van der Waals surface area contributed by atoms with Crippen molar-refractivity contribution in [2.45, 2.75) is 74.5 Å². The van der Waals surface area contributed by atoms with Crippen molar-refractivity contribution < 1.29 is 52.6 Å². The van der Waals surface area contributed by atoms with Crippen LogP contribution in [0.3, 0.4) is 0 Å². The van der Waals surface area contributed by atoms with Crippen molar-refractivity contribution in [3.05, 3.63) is 118 Å². The van der Waals surface area contributed by atoms with Crippen LogP contribution in [-0.2, 0) is 39.7 Å². The van der Waals surface area contributed by atoms with Crippen LogP contribution in [0.25, 0.3) is 11.1 Å². The molecule has 0 radical (unpaired) electrons. The Morgan fingerprint density at radius 3 is 2.45 bits per heavy atom. The number of carbonyl (C=O) groups excluding carboxylic acids is 3. The van der Waals surface area contributed by atoms with Crippen LogP contribution in [0.15, 0.2) is 89.9 Å². The predicted octanol–water partition coefficient (Wildman–Crippen LogP) is 5.45. The maximum absolute atomic E-state index is 14.6. The van der Waals surface area contributed by atoms with Gasteiger partial charge in [-0.2, -0.15) is 17.0 Å². The number of likely N-dealkylation sites (N-methyl/N-ethyl adjacent to an activating group) is 1. The number of Topliss-reactive ketones (excluding diaryl/α,β-unsaturated/α-hetero) is 1. The monoisotopic (exact) mass is 904 g/mol. The van der Waals surface area contributed by atoms with Crippen LogP contribution in [0.4, 0.5) is 4.79 Å². The van der Waals surface area contributed by atoms with Gasteiger partial charge < -0.3 is 43.6 Å². The molecule has 0 spiro atoms. The van der Waals surface area contributed by atoms with Crippen molar-refractivity contribution in [3.63, 3.8) is 0 Å². The number of piperazine rings is 1. The lowest BCUT2D eigenvalue weighted by Gasteiger charge is -2.62. The second-order valence-electron chi connectivity index (χ2n) is 17.1. The SMILES string of the molecule is C=CCOC(=O)N[C@@H](CSCC1c2ccccc2-c2ccccc21)C(=O)OC[C@H]1C2=C3OCOC3=C(C)C(=O)[C@@]2(O)C[C@H]2[C@H]3c4c(cc(C)c(OC)c4OCOC)C[C@@H]([C@H](C#N)N12)N3C. The number of thioether (sulfide) groups is 1. The summed E-state index contributed by atoms with van der Waals surface area (Å²) in [6.45, 7) is 6.39. The van der Waals surface area contributed by atoms with Crippen LogP contribution in [0, 0.1) is 18.3 Å². The molecule has 3 saturated heterocycles. The van der Waals surface area contributed by atoms with Gasteiger partial charge in [-0.05, 0) is 60.7 Å². The van der Waals surface area contributed by atoms with Gasteiger partial charge in [-0.15, -0.1) is 0 Å². The second kappa shape index (κ2) is 17.9. The molecule has 4 aliphatic heterocycles. The first-order chi connectivity index (χ1) is 31.5. The number of ether oxygens (including phenoxy) is 7. The molecule has 340 valence electrons. The third-order valence-corrected chi connectivity index (χ3v) is 14.8. The molecule has 1 amide bonds. The first-order valence-electron chi connectivity index (χ1n) is 21.6. The van der Waals surface area contributed by atoms with E-state index in [1.165, 1.54) is 47.2 Å². The molecule has 15 nitrogen and oxygen atoms in total. The molecule has 4 heterocycles. The van der Waals surface area contributed by atoms with Gasteiger partial charge in [-0.25, -0.2) is 9.59 Å². The molecule has 3 aromatic carbocycles. The number of alkyl carbamates (subject to hydrolysis) is 1. The van der Waals surface area contributed by atoms with E-state index in [1.54, 1.807) is 14.0 Å². The van der Waals surface area contributed by atoms with Crippen LogP contribution in [-0.4, -0.2) is 128 Å². The zero-order valence-corrected chi connectivity index (χ0v) is 37.8. The van der Waals surface area contributed by atoms with Crippen LogP contribution < -0.4 is 14.8 Å². The number of methoxy groups -OCH3 is 2. The third-order valence-electron chi connectivity index (χ3n) is 13.7. The van der Waals surface area contributed by atoms with Crippen molar-refractivity contribution in [3.8, 4) is 28.7 Å². The Morgan fingerprint density at radius 1 is 1.06 bits per heavy atom. The molecule has 3 fully saturated rings. The number of benzene rings is 3. The molecule has 3 aromatic rings. The van der Waals surface area contributed by atoms with E-state index in [4.69, 9.17) is 33.2 Å². The normalized spacial score (nSPS) is 25.6. The van der Waals surface area contributed by atoms with Crippen molar-refractivity contribution >= 4 is 29.6 Å². The number of hydrogen-bond donors (Lipinski definition) is 2. The Bertz CT molecular complexity index is 2510. The van der Waals surface area contributed by atoms with Gasteiger partial charge in [0.2, 0.25) is 6.79 Å². The standard InChI is InChI=1S/C49H52N4O11S/c1-7-16-60-48(56)51-34(23-65-22-33-31-14-10-8-12-29(31)30-13-9-11-15-32(30)33)47(55)61-21-38-40-45-43(63-25-64-45)27(3)46(54)49(40,57)19-36-41-39-28(18-35(52(41)4)37(20-50)53(36)38)17-26(2)42(59-6)44(39)62-24-58-5/h7-15,17,33-38,41,57H,1,16,18-19,21-25H2,2-6H3,(H,51,56)/t34-,35-,36-,37-,38-,41-,49+/m0/s1. The first kappa shape index (κ1) is 44.4. The number of ketones is 1. The van der Waals surface area contributed by atoms with Gasteiger partial charge in [0.15, 0.2) is 41.2 Å². The zero-order valence-electron chi connectivity index (χ0n) is 37.0. The highest BCUT2D eigenvalue weighted by Gasteiger charge is 2.64. The lowest BCUT2D eigenvalue weighted by molar-refractivity contribution is -0.159. The first-order valence-corrected chi connectivity index (χ1v) is 22.8. The molecule has 7 atom stereocenters. The topological polar surface area (TPSA) is 178 Å². The van der Waals surface area contributed by atoms with Crippen LogP contribution in [0.5, 0.6) is 11.5 Å². The molecule has 2 bridgehead atoms. The average Bonchev–Trinajstić information content (AvgIpc) is 3.92. The van der Waals surface area contributed by atoms with Gasteiger partial charge in [0.1, 0.15) is 25.3 Å². The minimum absolute atomic E-state index is 0.0549. The van der Waals surface area contributed by atoms with Gasteiger partial charge in [-0.1, -0.05) is 67.3 Å². The summed E-state index contributed by atoms with van der Waals surface area (Å²) in [5.74, 6) is 0.825. The Hall–Kier alpha value is -5.83. The van der Waals surface area contributed by atoms with E-state index in [0.717, 1.165) is 16.7 Å². The molecule has 9 rings (SSSR count). The van der Waals surface area contributed by atoms with Gasteiger partial charge in [-0.3, -0.25) is 14.6 Å². The number of carbonyl (C=O) groups is 3. The minimum Gasteiger partial charge on any atom is -0.493 e. The molecule has 2 N–H and O–H groups in total. The number of fused-ring (bicyclic) bond motifs is 11. The van der Waals surface area contributed by atoms with Crippen LogP contribution >= 0.6 is 11.8 Å². The van der Waals surface area contributed by atoms with E-state index in [0.29, 0.717) is 23.7 Å². The van der Waals surface area contributed by atoms with Crippen molar-refractivity contribution in [1.82, 2.24) is 15.1 Å². The molecule has 6 aliphatic rings. The number of aliphatic hydroxyl groups is 1. The number of nitrogens with zero attached hydrogens (tertiary/aromatic N) is 3. The summed E-state index contributed by atoms with van der Waals surface area (Å²) in [6.07, 6.45) is 0.921. The Kier molecular flexibility index (Phi) is 12.2. The maximum Gasteiger partial charge on any atom is 0.408 e. The number of esters is 1. The van der Waals surface area contributed by atoms with Crippen LogP contribution in [0.1, 0.15) is 53.1 Å². The number of rotatable bonds is 14. The largest absolute Gasteiger partial charge is 0.493 e. The smallest absolute Gasteiger partial charge is 0.408 e. The molecule has 16 heteroatoms. The Labute approximate surface area is 381 Å². The van der Waals surface area contributed by atoms with E-state index in [2.05, 4.69) is 47.1 Å². The summed E-state index contributed by atoms with van der Waals surface area (Å²) >= 11 is 1.49. The van der Waals surface area contributed by atoms with E-state index in [1.807, 2.05) is 49.2 Å². The molecule has 0 unspecified atom stereocenters. The quantitative estimate of drug-likeness (QED) is 0.119. The Morgan fingerprint density at radius 2 is 1.77 bits per heavy atom. The van der Waals surface area contributed by atoms with Gasteiger partial charge in [0.25, 0.3) is 0 Å². The van der Waals surface area contributed by atoms with Crippen molar-refractivity contribution in [2.75, 3.05) is 59.6 Å². The molecular formula is C49H52N4O11S. The highest BCUT2D eigenvalue weighted by atomic mass is 32.2. The summed E-state index contributed by atoms with van der Waals surface area (Å²) in [7, 11) is 5.03.